The second-order valence-corrected chi connectivity index (χ2v) is 7.04. The molecular weight excluding hydrogens is 340 g/mol. The fourth-order valence-electron chi connectivity index (χ4n) is 2.35. The number of aryl methyl sites for hydroxylation is 1. The molecule has 0 saturated heterocycles. The van der Waals surface area contributed by atoms with E-state index in [1.54, 1.807) is 13.8 Å². The fourth-order valence-corrected chi connectivity index (χ4v) is 3.26. The Morgan fingerprint density at radius 2 is 1.96 bits per heavy atom. The van der Waals surface area contributed by atoms with Crippen LogP contribution in [-0.2, 0) is 11.2 Å². The van der Waals surface area contributed by atoms with Gasteiger partial charge in [-0.25, -0.2) is 9.78 Å². The fraction of sp³-hybridized carbons (Fsp3) is 0.389. The minimum absolute atomic E-state index is 0.0240. The van der Waals surface area contributed by atoms with Crippen molar-refractivity contribution < 1.29 is 19.4 Å². The average Bonchev–Trinajstić information content (AvgIpc) is 2.91. The van der Waals surface area contributed by atoms with E-state index in [0.29, 0.717) is 16.5 Å². The normalized spacial score (nSPS) is 12.0. The molecule has 1 heterocycles. The van der Waals surface area contributed by atoms with Crippen LogP contribution in [-0.4, -0.2) is 28.1 Å². The van der Waals surface area contributed by atoms with Crippen molar-refractivity contribution in [1.82, 2.24) is 10.3 Å². The highest BCUT2D eigenvalue weighted by atomic mass is 32.1. The van der Waals surface area contributed by atoms with Crippen molar-refractivity contribution in [2.45, 2.75) is 46.3 Å². The minimum Gasteiger partial charge on any atom is -0.491 e. The van der Waals surface area contributed by atoms with Gasteiger partial charge in [-0.3, -0.25) is 4.79 Å². The van der Waals surface area contributed by atoms with E-state index in [2.05, 4.69) is 10.3 Å². The Morgan fingerprint density at radius 3 is 2.56 bits per heavy atom. The molecular formula is C18H22N2O4S. The van der Waals surface area contributed by atoms with Crippen molar-refractivity contribution in [3.63, 3.8) is 0 Å². The van der Waals surface area contributed by atoms with Crippen molar-refractivity contribution in [2.75, 3.05) is 0 Å². The summed E-state index contributed by atoms with van der Waals surface area (Å²) in [7, 11) is 0. The van der Waals surface area contributed by atoms with Crippen molar-refractivity contribution in [2.24, 2.45) is 0 Å². The number of thiazole rings is 1. The van der Waals surface area contributed by atoms with E-state index in [1.165, 1.54) is 0 Å². The molecule has 0 aliphatic rings. The van der Waals surface area contributed by atoms with E-state index in [-0.39, 0.29) is 29.4 Å². The Morgan fingerprint density at radius 1 is 1.28 bits per heavy atom. The molecule has 1 aromatic heterocycles. The number of rotatable bonds is 7. The first-order valence-electron chi connectivity index (χ1n) is 8.02. The number of carbonyl (C=O) groups is 2. The standard InChI is InChI=1S/C18H22N2O4S/c1-10(2)24-14-8-6-5-7-13(14)9-15(21)19-12(4)17-20-11(3)16(25-17)18(22)23/h5-8,10,12H,9H2,1-4H3,(H,19,21)(H,22,23). The zero-order valence-corrected chi connectivity index (χ0v) is 15.5. The Balaban J connectivity index is 2.05. The summed E-state index contributed by atoms with van der Waals surface area (Å²) in [4.78, 5) is 27.9. The molecule has 2 rings (SSSR count). The largest absolute Gasteiger partial charge is 0.491 e. The van der Waals surface area contributed by atoms with Crippen LogP contribution >= 0.6 is 11.3 Å². The highest BCUT2D eigenvalue weighted by Crippen LogP contribution is 2.24. The molecule has 25 heavy (non-hydrogen) atoms. The van der Waals surface area contributed by atoms with E-state index in [0.717, 1.165) is 16.9 Å². The monoisotopic (exact) mass is 362 g/mol. The van der Waals surface area contributed by atoms with E-state index in [1.807, 2.05) is 38.1 Å². The van der Waals surface area contributed by atoms with Crippen LogP contribution in [0.5, 0.6) is 5.75 Å². The third-order valence-corrected chi connectivity index (χ3v) is 4.77. The summed E-state index contributed by atoms with van der Waals surface area (Å²) in [6.07, 6.45) is 0.208. The molecule has 0 bridgehead atoms. The number of carboxylic acids is 1. The topological polar surface area (TPSA) is 88.5 Å². The lowest BCUT2D eigenvalue weighted by molar-refractivity contribution is -0.121. The van der Waals surface area contributed by atoms with Crippen molar-refractivity contribution in [3.8, 4) is 5.75 Å². The molecule has 0 spiro atoms. The van der Waals surface area contributed by atoms with Crippen LogP contribution in [0.1, 0.15) is 52.7 Å². The van der Waals surface area contributed by atoms with Gasteiger partial charge in [0.25, 0.3) is 0 Å². The highest BCUT2D eigenvalue weighted by Gasteiger charge is 2.19. The number of para-hydroxylation sites is 1. The van der Waals surface area contributed by atoms with Crippen LogP contribution in [0.2, 0.25) is 0 Å². The van der Waals surface area contributed by atoms with Crippen LogP contribution in [0.25, 0.3) is 0 Å². The van der Waals surface area contributed by atoms with Gasteiger partial charge in [0.15, 0.2) is 0 Å². The first-order chi connectivity index (χ1) is 11.8. The summed E-state index contributed by atoms with van der Waals surface area (Å²) in [5, 5.41) is 12.6. The Labute approximate surface area is 150 Å². The number of nitrogens with one attached hydrogen (secondary N) is 1. The van der Waals surface area contributed by atoms with Crippen molar-refractivity contribution >= 4 is 23.2 Å². The van der Waals surface area contributed by atoms with E-state index in [9.17, 15) is 9.59 Å². The lowest BCUT2D eigenvalue weighted by Crippen LogP contribution is -2.28. The molecule has 0 fully saturated rings. The molecule has 6 nitrogen and oxygen atoms in total. The molecule has 2 N–H and O–H groups in total. The maximum Gasteiger partial charge on any atom is 0.347 e. The Hall–Kier alpha value is -2.41. The van der Waals surface area contributed by atoms with Crippen LogP contribution in [0.15, 0.2) is 24.3 Å². The third-order valence-electron chi connectivity index (χ3n) is 3.44. The van der Waals surface area contributed by atoms with E-state index >= 15 is 0 Å². The molecule has 7 heteroatoms. The van der Waals surface area contributed by atoms with Crippen LogP contribution in [0.4, 0.5) is 0 Å². The molecule has 1 atom stereocenters. The SMILES string of the molecule is Cc1nc(C(C)NC(=O)Cc2ccccc2OC(C)C)sc1C(=O)O. The molecule has 0 aliphatic carbocycles. The quantitative estimate of drug-likeness (QED) is 0.788. The summed E-state index contributed by atoms with van der Waals surface area (Å²) in [5.74, 6) is -0.477. The molecule has 134 valence electrons. The molecule has 0 radical (unpaired) electrons. The number of hydrogen-bond donors (Lipinski definition) is 2. The van der Waals surface area contributed by atoms with Crippen molar-refractivity contribution in [1.29, 1.82) is 0 Å². The lowest BCUT2D eigenvalue weighted by Gasteiger charge is -2.15. The number of amides is 1. The van der Waals surface area contributed by atoms with Gasteiger partial charge < -0.3 is 15.2 Å². The van der Waals surface area contributed by atoms with Gasteiger partial charge in [0.05, 0.1) is 24.3 Å². The number of ether oxygens (including phenoxy) is 1. The van der Waals surface area contributed by atoms with Gasteiger partial charge in [-0.1, -0.05) is 18.2 Å². The van der Waals surface area contributed by atoms with Crippen LogP contribution in [0, 0.1) is 6.92 Å². The predicted octanol–water partition coefficient (Wildman–Crippen LogP) is 3.36. The third kappa shape index (κ3) is 5.03. The minimum atomic E-state index is -1.00. The van der Waals surface area contributed by atoms with Gasteiger partial charge in [-0.2, -0.15) is 0 Å². The predicted molar refractivity (Wildman–Crippen MR) is 96.3 cm³/mol. The van der Waals surface area contributed by atoms with Crippen LogP contribution in [0.3, 0.4) is 0 Å². The van der Waals surface area contributed by atoms with E-state index < -0.39 is 5.97 Å². The number of carboxylic acid groups (broad SMARTS) is 1. The number of benzene rings is 1. The number of nitrogens with zero attached hydrogens (tertiary/aromatic N) is 1. The lowest BCUT2D eigenvalue weighted by atomic mass is 10.1. The summed E-state index contributed by atoms with van der Waals surface area (Å²) < 4.78 is 5.73. The summed E-state index contributed by atoms with van der Waals surface area (Å²) in [6.45, 7) is 7.31. The molecule has 1 amide bonds. The molecule has 2 aromatic rings. The number of carbonyl (C=O) groups excluding carboxylic acids is 1. The number of aromatic nitrogens is 1. The van der Waals surface area contributed by atoms with Gasteiger partial charge >= 0.3 is 5.97 Å². The zero-order chi connectivity index (χ0) is 18.6. The van der Waals surface area contributed by atoms with Gasteiger partial charge in [0.2, 0.25) is 5.91 Å². The molecule has 1 unspecified atom stereocenters. The first kappa shape index (κ1) is 18.9. The van der Waals surface area contributed by atoms with Gasteiger partial charge in [0.1, 0.15) is 15.6 Å². The number of hydrogen-bond acceptors (Lipinski definition) is 5. The average molecular weight is 362 g/mol. The first-order valence-corrected chi connectivity index (χ1v) is 8.84. The molecule has 0 aliphatic heterocycles. The van der Waals surface area contributed by atoms with Gasteiger partial charge in [-0.05, 0) is 33.8 Å². The Kier molecular flexibility index (Phi) is 6.14. The summed E-state index contributed by atoms with van der Waals surface area (Å²) >= 11 is 1.09. The highest BCUT2D eigenvalue weighted by molar-refractivity contribution is 7.13. The summed E-state index contributed by atoms with van der Waals surface area (Å²) in [5.41, 5.74) is 1.27. The van der Waals surface area contributed by atoms with Crippen molar-refractivity contribution in [3.05, 3.63) is 45.4 Å². The summed E-state index contributed by atoms with van der Waals surface area (Å²) in [6, 6.07) is 7.08. The molecule has 0 saturated carbocycles. The Bertz CT molecular complexity index is 770. The van der Waals surface area contributed by atoms with Gasteiger partial charge in [0, 0.05) is 5.56 Å². The maximum atomic E-state index is 12.4. The second-order valence-electron chi connectivity index (χ2n) is 6.01. The zero-order valence-electron chi connectivity index (χ0n) is 14.7. The van der Waals surface area contributed by atoms with E-state index in [4.69, 9.17) is 9.84 Å². The maximum absolute atomic E-state index is 12.4. The van der Waals surface area contributed by atoms with Gasteiger partial charge in [-0.15, -0.1) is 11.3 Å². The van der Waals surface area contributed by atoms with Crippen LogP contribution < -0.4 is 10.1 Å². The smallest absolute Gasteiger partial charge is 0.347 e. The number of aromatic carboxylic acids is 1. The molecule has 1 aromatic carbocycles. The second kappa shape index (κ2) is 8.11.